The minimum absolute atomic E-state index is 0.0710. The Bertz CT molecular complexity index is 1050. The summed E-state index contributed by atoms with van der Waals surface area (Å²) in [6.45, 7) is 7.04. The zero-order chi connectivity index (χ0) is 24.0. The summed E-state index contributed by atoms with van der Waals surface area (Å²) in [6.07, 6.45) is 0. The summed E-state index contributed by atoms with van der Waals surface area (Å²) in [5.74, 6) is 0. The van der Waals surface area contributed by atoms with Gasteiger partial charge in [-0.2, -0.15) is 0 Å². The maximum absolute atomic E-state index is 6.58. The molecule has 0 aromatic heterocycles. The van der Waals surface area contributed by atoms with Gasteiger partial charge in [0, 0.05) is 13.2 Å². The summed E-state index contributed by atoms with van der Waals surface area (Å²) in [5, 5.41) is 0. The van der Waals surface area contributed by atoms with Gasteiger partial charge in [0.25, 0.3) is 0 Å². The van der Waals surface area contributed by atoms with Gasteiger partial charge < -0.3 is 9.72 Å². The molecule has 0 radical (unpaired) electrons. The molecule has 4 aromatic rings. The zero-order valence-electron chi connectivity index (χ0n) is 20.6. The third kappa shape index (κ3) is 4.65. The number of hydrogen-bond acceptors (Lipinski definition) is 2. The van der Waals surface area contributed by atoms with Gasteiger partial charge in [-0.15, -0.1) is 0 Å². The van der Waals surface area contributed by atoms with Gasteiger partial charge in [-0.05, 0) is 29.2 Å². The molecule has 2 nitrogen and oxygen atoms in total. The van der Waals surface area contributed by atoms with Crippen LogP contribution in [0.15, 0.2) is 121 Å². The molecular weight excluding hydrogens is 430 g/mol. The van der Waals surface area contributed by atoms with Gasteiger partial charge in [0.15, 0.2) is 8.24 Å². The Morgan fingerprint density at radius 2 is 0.971 bits per heavy atom. The highest BCUT2D eigenvalue weighted by Crippen LogP contribution is 2.46. The van der Waals surface area contributed by atoms with Crippen LogP contribution in [0.1, 0.15) is 35.2 Å². The van der Waals surface area contributed by atoms with Gasteiger partial charge in [-0.25, -0.2) is 0 Å². The largest absolute Gasteiger partial charge is 0.382 e. The fourth-order valence-electron chi connectivity index (χ4n) is 5.53. The predicted octanol–water partition coefficient (Wildman–Crippen LogP) is 7.13. The second-order valence-electron chi connectivity index (χ2n) is 9.52. The maximum Gasteiger partial charge on any atom is 0.153 e. The van der Waals surface area contributed by atoms with Crippen molar-refractivity contribution in [3.8, 4) is 0 Å². The van der Waals surface area contributed by atoms with Crippen molar-refractivity contribution in [1.29, 1.82) is 0 Å². The van der Waals surface area contributed by atoms with E-state index in [2.05, 4.69) is 146 Å². The predicted molar refractivity (Wildman–Crippen MR) is 145 cm³/mol. The number of benzene rings is 4. The number of rotatable bonds is 9. The molecule has 4 aromatic carbocycles. The van der Waals surface area contributed by atoms with Gasteiger partial charge in [0.2, 0.25) is 0 Å². The summed E-state index contributed by atoms with van der Waals surface area (Å²) >= 11 is 0. The molecule has 0 unspecified atom stereocenters. The highest BCUT2D eigenvalue weighted by Gasteiger charge is 2.52. The van der Waals surface area contributed by atoms with Gasteiger partial charge in [-0.1, -0.05) is 134 Å². The number of hydrogen-bond donors (Lipinski definition) is 1. The van der Waals surface area contributed by atoms with E-state index in [0.29, 0.717) is 0 Å². The van der Waals surface area contributed by atoms with E-state index in [0.717, 1.165) is 0 Å². The average molecular weight is 466 g/mol. The molecule has 0 amide bonds. The van der Waals surface area contributed by atoms with Crippen molar-refractivity contribution in [3.05, 3.63) is 144 Å². The SMILES string of the molecule is CO[C@@H](C(c1ccccc1)(c1ccccc1)c1ccccc1)[Si](C)(C)N[C@@H](C)c1ccccc1. The third-order valence-corrected chi connectivity index (χ3v) is 10.0. The van der Waals surface area contributed by atoms with Crippen molar-refractivity contribution < 1.29 is 4.74 Å². The minimum atomic E-state index is -2.23. The molecule has 3 heteroatoms. The van der Waals surface area contributed by atoms with Crippen molar-refractivity contribution in [2.75, 3.05) is 7.11 Å². The van der Waals surface area contributed by atoms with Gasteiger partial charge >= 0.3 is 0 Å². The smallest absolute Gasteiger partial charge is 0.153 e. The van der Waals surface area contributed by atoms with Crippen molar-refractivity contribution in [2.45, 2.75) is 37.2 Å². The molecule has 0 saturated heterocycles. The Kier molecular flexibility index (Phi) is 7.47. The van der Waals surface area contributed by atoms with Crippen molar-refractivity contribution in [2.24, 2.45) is 0 Å². The zero-order valence-corrected chi connectivity index (χ0v) is 21.6. The van der Waals surface area contributed by atoms with Crippen LogP contribution in [0.5, 0.6) is 0 Å². The lowest BCUT2D eigenvalue weighted by molar-refractivity contribution is 0.114. The molecule has 2 atom stereocenters. The van der Waals surface area contributed by atoms with E-state index in [4.69, 9.17) is 4.74 Å². The second-order valence-corrected chi connectivity index (χ2v) is 13.8. The molecule has 1 N–H and O–H groups in total. The molecular formula is C31H35NOSi. The summed E-state index contributed by atoms with van der Waals surface area (Å²) in [4.78, 5) is 4.05. The Hall–Kier alpha value is -2.98. The van der Waals surface area contributed by atoms with Gasteiger partial charge in [0.05, 0.1) is 11.1 Å². The number of methoxy groups -OCH3 is 1. The highest BCUT2D eigenvalue weighted by molar-refractivity contribution is 6.76. The quantitative estimate of drug-likeness (QED) is 0.210. The summed E-state index contributed by atoms with van der Waals surface area (Å²) in [6, 6.07) is 43.5. The van der Waals surface area contributed by atoms with E-state index in [-0.39, 0.29) is 11.8 Å². The van der Waals surface area contributed by atoms with Crippen molar-refractivity contribution >= 4 is 8.24 Å². The molecule has 174 valence electrons. The van der Waals surface area contributed by atoms with Crippen LogP contribution in [-0.4, -0.2) is 21.1 Å². The van der Waals surface area contributed by atoms with Gasteiger partial charge in [0.1, 0.15) is 0 Å². The van der Waals surface area contributed by atoms with Crippen molar-refractivity contribution in [3.63, 3.8) is 0 Å². The Morgan fingerprint density at radius 1 is 0.618 bits per heavy atom. The summed E-state index contributed by atoms with van der Waals surface area (Å²) < 4.78 is 6.58. The Labute approximate surface area is 205 Å². The topological polar surface area (TPSA) is 21.3 Å². The van der Waals surface area contributed by atoms with Crippen LogP contribution in [0.4, 0.5) is 0 Å². The minimum Gasteiger partial charge on any atom is -0.382 e. The fraction of sp³-hybridized carbons (Fsp3) is 0.226. The lowest BCUT2D eigenvalue weighted by Crippen LogP contribution is -2.64. The molecule has 34 heavy (non-hydrogen) atoms. The highest BCUT2D eigenvalue weighted by atomic mass is 28.3. The maximum atomic E-state index is 6.58. The van der Waals surface area contributed by atoms with E-state index in [1.807, 2.05) is 7.11 Å². The molecule has 0 bridgehead atoms. The molecule has 0 heterocycles. The molecule has 0 spiro atoms. The first-order valence-corrected chi connectivity index (χ1v) is 15.1. The summed E-state index contributed by atoms with van der Waals surface area (Å²) in [5.41, 5.74) is 4.50. The van der Waals surface area contributed by atoms with Crippen LogP contribution in [-0.2, 0) is 10.2 Å². The molecule has 0 aliphatic heterocycles. The van der Waals surface area contributed by atoms with Crippen LogP contribution >= 0.6 is 0 Å². The first kappa shape index (κ1) is 24.2. The standard InChI is InChI=1S/C31H35NOSi/c1-25(26-17-9-5-10-18-26)32-34(3,4)30(33-2)31(27-19-11-6-12-20-27,28-21-13-7-14-22-28)29-23-15-8-16-24-29/h5-25,30,32H,1-4H3/t25-,30+/m0/s1. The van der Waals surface area contributed by atoms with E-state index >= 15 is 0 Å². The first-order chi connectivity index (χ1) is 16.5. The lowest BCUT2D eigenvalue weighted by Gasteiger charge is -2.48. The number of ether oxygens (including phenoxy) is 1. The van der Waals surface area contributed by atoms with Crippen LogP contribution in [0.25, 0.3) is 0 Å². The Balaban J connectivity index is 1.93. The van der Waals surface area contributed by atoms with Crippen LogP contribution in [0.2, 0.25) is 13.1 Å². The first-order valence-electron chi connectivity index (χ1n) is 12.0. The lowest BCUT2D eigenvalue weighted by atomic mass is 9.69. The van der Waals surface area contributed by atoms with Crippen LogP contribution in [0, 0.1) is 0 Å². The van der Waals surface area contributed by atoms with E-state index in [9.17, 15) is 0 Å². The second kappa shape index (κ2) is 10.5. The molecule has 0 aliphatic carbocycles. The average Bonchev–Trinajstić information content (AvgIpc) is 2.89. The number of nitrogens with one attached hydrogen (secondary N) is 1. The van der Waals surface area contributed by atoms with E-state index < -0.39 is 13.7 Å². The van der Waals surface area contributed by atoms with E-state index in [1.54, 1.807) is 0 Å². The van der Waals surface area contributed by atoms with Crippen LogP contribution in [0.3, 0.4) is 0 Å². The van der Waals surface area contributed by atoms with Crippen LogP contribution < -0.4 is 4.98 Å². The Morgan fingerprint density at radius 3 is 1.32 bits per heavy atom. The molecule has 0 saturated carbocycles. The van der Waals surface area contributed by atoms with E-state index in [1.165, 1.54) is 22.3 Å². The normalized spacial score (nSPS) is 13.9. The third-order valence-electron chi connectivity index (χ3n) is 6.86. The van der Waals surface area contributed by atoms with Crippen molar-refractivity contribution in [1.82, 2.24) is 4.98 Å². The summed E-state index contributed by atoms with van der Waals surface area (Å²) in [7, 11) is -0.362. The van der Waals surface area contributed by atoms with Gasteiger partial charge in [-0.3, -0.25) is 0 Å². The monoisotopic (exact) mass is 465 g/mol. The molecule has 4 rings (SSSR count). The molecule has 0 fully saturated rings. The fourth-order valence-corrected chi connectivity index (χ4v) is 9.13. The molecule has 0 aliphatic rings.